The minimum atomic E-state index is -0.538. The van der Waals surface area contributed by atoms with Gasteiger partial charge in [0.25, 0.3) is 0 Å². The molecule has 3 rings (SSSR count). The second kappa shape index (κ2) is 4.63. The molecule has 5 nitrogen and oxygen atoms in total. The number of aryl methyl sites for hydroxylation is 1. The molecule has 0 bridgehead atoms. The summed E-state index contributed by atoms with van der Waals surface area (Å²) < 4.78 is 14.0. The van der Waals surface area contributed by atoms with E-state index in [0.29, 0.717) is 28.7 Å². The first kappa shape index (κ1) is 12.7. The molecule has 0 radical (unpaired) electrons. The van der Waals surface area contributed by atoms with Crippen molar-refractivity contribution in [3.63, 3.8) is 0 Å². The van der Waals surface area contributed by atoms with Gasteiger partial charge in [0.15, 0.2) is 0 Å². The minimum absolute atomic E-state index is 0.0791. The molecule has 1 aliphatic carbocycles. The van der Waals surface area contributed by atoms with Crippen LogP contribution in [0, 0.1) is 12.7 Å². The average molecular weight is 274 g/mol. The first-order chi connectivity index (χ1) is 9.52. The van der Waals surface area contributed by atoms with Crippen molar-refractivity contribution in [2.45, 2.75) is 25.8 Å². The number of nitrogens with two attached hydrogens (primary N) is 1. The largest absolute Gasteiger partial charge is 0.508 e. The maximum atomic E-state index is 14.0. The fraction of sp³-hybridized carbons (Fsp3) is 0.286. The van der Waals surface area contributed by atoms with Crippen molar-refractivity contribution in [1.29, 1.82) is 0 Å². The molecule has 104 valence electrons. The Labute approximate surface area is 115 Å². The van der Waals surface area contributed by atoms with Crippen molar-refractivity contribution in [3.8, 4) is 17.0 Å². The van der Waals surface area contributed by atoms with E-state index in [1.165, 1.54) is 0 Å². The van der Waals surface area contributed by atoms with Crippen LogP contribution in [0.4, 0.5) is 16.2 Å². The van der Waals surface area contributed by atoms with Gasteiger partial charge < -0.3 is 16.2 Å². The van der Waals surface area contributed by atoms with Gasteiger partial charge >= 0.3 is 0 Å². The number of hydrogen-bond acceptors (Lipinski definition) is 5. The number of phenolic OH excluding ortho intramolecular Hbond substituents is 1. The third-order valence-electron chi connectivity index (χ3n) is 3.23. The van der Waals surface area contributed by atoms with Crippen molar-refractivity contribution >= 4 is 11.8 Å². The summed E-state index contributed by atoms with van der Waals surface area (Å²) in [6, 6.07) is 4.72. The van der Waals surface area contributed by atoms with Crippen LogP contribution >= 0.6 is 0 Å². The number of aromatic nitrogens is 2. The van der Waals surface area contributed by atoms with Crippen molar-refractivity contribution in [2.24, 2.45) is 0 Å². The van der Waals surface area contributed by atoms with Gasteiger partial charge in [0.05, 0.1) is 5.69 Å². The number of halogens is 1. The number of hydrogen-bond donors (Lipinski definition) is 3. The Bertz CT molecular complexity index is 670. The van der Waals surface area contributed by atoms with Gasteiger partial charge in [-0.15, -0.1) is 0 Å². The molecule has 0 saturated heterocycles. The summed E-state index contributed by atoms with van der Waals surface area (Å²) in [6.45, 7) is 1.70. The molecular formula is C14H15FN4O. The number of aromatic hydroxyl groups is 1. The lowest BCUT2D eigenvalue weighted by Crippen LogP contribution is -2.06. The number of anilines is 2. The van der Waals surface area contributed by atoms with E-state index in [9.17, 15) is 9.50 Å². The highest BCUT2D eigenvalue weighted by Gasteiger charge is 2.22. The molecule has 20 heavy (non-hydrogen) atoms. The van der Waals surface area contributed by atoms with Crippen LogP contribution < -0.4 is 11.1 Å². The lowest BCUT2D eigenvalue weighted by atomic mass is 10.1. The molecule has 0 atom stereocenters. The highest BCUT2D eigenvalue weighted by atomic mass is 19.1. The molecule has 1 aliphatic rings. The van der Waals surface area contributed by atoms with E-state index in [1.807, 2.05) is 0 Å². The van der Waals surface area contributed by atoms with Crippen molar-refractivity contribution < 1.29 is 9.50 Å². The molecule has 4 N–H and O–H groups in total. The zero-order valence-corrected chi connectivity index (χ0v) is 11.0. The lowest BCUT2D eigenvalue weighted by Gasteiger charge is -2.09. The van der Waals surface area contributed by atoms with E-state index in [2.05, 4.69) is 15.3 Å². The molecule has 0 aliphatic heterocycles. The summed E-state index contributed by atoms with van der Waals surface area (Å²) in [6.07, 6.45) is 2.21. The van der Waals surface area contributed by atoms with E-state index < -0.39 is 5.82 Å². The molecular weight excluding hydrogens is 259 g/mol. The Morgan fingerprint density at radius 2 is 2.05 bits per heavy atom. The van der Waals surface area contributed by atoms with Gasteiger partial charge in [-0.25, -0.2) is 9.37 Å². The fourth-order valence-corrected chi connectivity index (χ4v) is 1.98. The van der Waals surface area contributed by atoms with Crippen molar-refractivity contribution in [3.05, 3.63) is 29.6 Å². The smallest absolute Gasteiger partial charge is 0.222 e. The molecule has 0 spiro atoms. The third kappa shape index (κ3) is 2.49. The first-order valence-corrected chi connectivity index (χ1v) is 6.43. The molecule has 1 saturated carbocycles. The van der Waals surface area contributed by atoms with Gasteiger partial charge in [0, 0.05) is 23.7 Å². The van der Waals surface area contributed by atoms with Crippen LogP contribution in [-0.2, 0) is 0 Å². The van der Waals surface area contributed by atoms with Crippen LogP contribution in [0.2, 0.25) is 0 Å². The number of nitrogen functional groups attached to an aromatic ring is 1. The first-order valence-electron chi connectivity index (χ1n) is 6.43. The van der Waals surface area contributed by atoms with Gasteiger partial charge in [-0.1, -0.05) is 0 Å². The zero-order valence-electron chi connectivity index (χ0n) is 11.0. The van der Waals surface area contributed by atoms with Crippen molar-refractivity contribution in [2.75, 3.05) is 11.1 Å². The Morgan fingerprint density at radius 1 is 1.30 bits per heavy atom. The molecule has 1 aromatic carbocycles. The van der Waals surface area contributed by atoms with Gasteiger partial charge in [-0.05, 0) is 31.4 Å². The summed E-state index contributed by atoms with van der Waals surface area (Å²) in [4.78, 5) is 8.16. The molecule has 2 aromatic rings. The van der Waals surface area contributed by atoms with E-state index in [-0.39, 0.29) is 11.7 Å². The lowest BCUT2D eigenvalue weighted by molar-refractivity contribution is 0.465. The fourth-order valence-electron chi connectivity index (χ4n) is 1.98. The number of nitrogens with one attached hydrogen (secondary N) is 1. The van der Waals surface area contributed by atoms with Crippen LogP contribution in [0.25, 0.3) is 11.3 Å². The Hall–Kier alpha value is -2.37. The SMILES string of the molecule is Cc1cc(-c2cc(NC3CC3)nc(N)n2)c(F)cc1O. The topological polar surface area (TPSA) is 84.1 Å². The monoisotopic (exact) mass is 274 g/mol. The summed E-state index contributed by atoms with van der Waals surface area (Å²) in [5, 5.41) is 12.7. The number of nitrogens with zero attached hydrogens (tertiary/aromatic N) is 2. The van der Waals surface area contributed by atoms with Crippen LogP contribution in [0.5, 0.6) is 5.75 Å². The highest BCUT2D eigenvalue weighted by molar-refractivity contribution is 5.66. The molecule has 1 fully saturated rings. The normalized spacial score (nSPS) is 14.3. The zero-order chi connectivity index (χ0) is 14.3. The third-order valence-corrected chi connectivity index (χ3v) is 3.23. The Kier molecular flexibility index (Phi) is 2.93. The second-order valence-electron chi connectivity index (χ2n) is 5.03. The van der Waals surface area contributed by atoms with E-state index >= 15 is 0 Å². The van der Waals surface area contributed by atoms with Gasteiger partial charge in [-0.2, -0.15) is 4.98 Å². The van der Waals surface area contributed by atoms with E-state index in [4.69, 9.17) is 5.73 Å². The molecule has 0 amide bonds. The summed E-state index contributed by atoms with van der Waals surface area (Å²) in [7, 11) is 0. The predicted octanol–water partition coefficient (Wildman–Crippen LogP) is 2.45. The molecule has 0 unspecified atom stereocenters. The van der Waals surface area contributed by atoms with Gasteiger partial charge in [0.2, 0.25) is 5.95 Å². The maximum absolute atomic E-state index is 14.0. The van der Waals surface area contributed by atoms with E-state index in [0.717, 1.165) is 18.9 Å². The van der Waals surface area contributed by atoms with Gasteiger partial charge in [-0.3, -0.25) is 0 Å². The Balaban J connectivity index is 2.04. The van der Waals surface area contributed by atoms with Crippen LogP contribution in [-0.4, -0.2) is 21.1 Å². The highest BCUT2D eigenvalue weighted by Crippen LogP contribution is 2.30. The molecule has 1 aromatic heterocycles. The minimum Gasteiger partial charge on any atom is -0.508 e. The van der Waals surface area contributed by atoms with Gasteiger partial charge in [0.1, 0.15) is 17.4 Å². The van der Waals surface area contributed by atoms with Crippen LogP contribution in [0.1, 0.15) is 18.4 Å². The number of rotatable bonds is 3. The predicted molar refractivity (Wildman–Crippen MR) is 74.9 cm³/mol. The van der Waals surface area contributed by atoms with Crippen LogP contribution in [0.3, 0.4) is 0 Å². The Morgan fingerprint density at radius 3 is 2.75 bits per heavy atom. The molecule has 6 heteroatoms. The number of benzene rings is 1. The van der Waals surface area contributed by atoms with Crippen LogP contribution in [0.15, 0.2) is 18.2 Å². The molecule has 1 heterocycles. The standard InChI is InChI=1S/C14H15FN4O/c1-7-4-9(10(15)5-12(7)20)11-6-13(17-8-2-3-8)19-14(16)18-11/h4-6,8,20H,2-3H2,1H3,(H3,16,17,18,19). The second-order valence-corrected chi connectivity index (χ2v) is 5.03. The average Bonchev–Trinajstić information content (AvgIpc) is 3.17. The van der Waals surface area contributed by atoms with Crippen molar-refractivity contribution in [1.82, 2.24) is 9.97 Å². The maximum Gasteiger partial charge on any atom is 0.222 e. The summed E-state index contributed by atoms with van der Waals surface area (Å²) in [5.41, 5.74) is 6.96. The van der Waals surface area contributed by atoms with E-state index in [1.54, 1.807) is 19.1 Å². The summed E-state index contributed by atoms with van der Waals surface area (Å²) >= 11 is 0. The summed E-state index contributed by atoms with van der Waals surface area (Å²) in [5.74, 6) is 0.0732. The quantitative estimate of drug-likeness (QED) is 0.800. The number of phenols is 1.